The molecule has 0 aliphatic carbocycles. The van der Waals surface area contributed by atoms with E-state index in [1.54, 1.807) is 0 Å². The van der Waals surface area contributed by atoms with Crippen LogP contribution in [0.5, 0.6) is 0 Å². The molecule has 0 unspecified atom stereocenters. The van der Waals surface area contributed by atoms with Crippen molar-refractivity contribution in [3.8, 4) is 10.6 Å². The number of benzene rings is 1. The standard InChI is InChI=1S/C9H5F3N2OS/c10-9(11,12)6-4-2-1-3-5(6)7-13-14-8(15)16-7/h1-4H,(H,14,15). The summed E-state index contributed by atoms with van der Waals surface area (Å²) in [6.07, 6.45) is -4.45. The van der Waals surface area contributed by atoms with E-state index in [-0.39, 0.29) is 10.6 Å². The van der Waals surface area contributed by atoms with E-state index >= 15 is 0 Å². The Labute approximate surface area is 91.6 Å². The molecule has 0 fully saturated rings. The van der Waals surface area contributed by atoms with Crippen molar-refractivity contribution in [2.75, 3.05) is 0 Å². The molecular weight excluding hydrogens is 241 g/mol. The topological polar surface area (TPSA) is 45.8 Å². The minimum atomic E-state index is -4.45. The Morgan fingerprint density at radius 2 is 1.94 bits per heavy atom. The second-order valence-electron chi connectivity index (χ2n) is 2.96. The lowest BCUT2D eigenvalue weighted by atomic mass is 10.1. The fraction of sp³-hybridized carbons (Fsp3) is 0.111. The molecule has 0 radical (unpaired) electrons. The largest absolute Gasteiger partial charge is 0.417 e. The van der Waals surface area contributed by atoms with Gasteiger partial charge in [0.1, 0.15) is 5.01 Å². The van der Waals surface area contributed by atoms with Gasteiger partial charge in [0.2, 0.25) is 0 Å². The van der Waals surface area contributed by atoms with Crippen LogP contribution in [0.25, 0.3) is 10.6 Å². The Kier molecular flexibility index (Phi) is 2.55. The third-order valence-electron chi connectivity index (χ3n) is 1.90. The number of alkyl halides is 3. The zero-order chi connectivity index (χ0) is 11.8. The monoisotopic (exact) mass is 246 g/mol. The Morgan fingerprint density at radius 3 is 2.50 bits per heavy atom. The van der Waals surface area contributed by atoms with Crippen LogP contribution < -0.4 is 4.87 Å². The van der Waals surface area contributed by atoms with Gasteiger partial charge >= 0.3 is 11.0 Å². The van der Waals surface area contributed by atoms with Gasteiger partial charge in [-0.2, -0.15) is 18.3 Å². The Bertz CT molecular complexity index is 558. The number of rotatable bonds is 1. The van der Waals surface area contributed by atoms with Crippen LogP contribution in [-0.4, -0.2) is 10.2 Å². The molecule has 1 N–H and O–H groups in total. The molecule has 1 heterocycles. The predicted octanol–water partition coefficient (Wildman–Crippen LogP) is 2.52. The summed E-state index contributed by atoms with van der Waals surface area (Å²) in [5.41, 5.74) is -0.879. The van der Waals surface area contributed by atoms with Gasteiger partial charge in [0, 0.05) is 5.56 Å². The Balaban J connectivity index is 2.61. The molecule has 0 amide bonds. The second kappa shape index (κ2) is 3.75. The molecule has 0 bridgehead atoms. The fourth-order valence-corrected chi connectivity index (χ4v) is 1.91. The van der Waals surface area contributed by atoms with Gasteiger partial charge in [0.25, 0.3) is 0 Å². The highest BCUT2D eigenvalue weighted by Crippen LogP contribution is 2.36. The summed E-state index contributed by atoms with van der Waals surface area (Å²) in [7, 11) is 0. The Hall–Kier alpha value is -1.63. The van der Waals surface area contributed by atoms with E-state index in [0.717, 1.165) is 6.07 Å². The lowest BCUT2D eigenvalue weighted by molar-refractivity contribution is -0.137. The van der Waals surface area contributed by atoms with Gasteiger partial charge in [-0.05, 0) is 6.07 Å². The van der Waals surface area contributed by atoms with E-state index in [0.29, 0.717) is 11.3 Å². The van der Waals surface area contributed by atoms with Gasteiger partial charge in [-0.3, -0.25) is 4.79 Å². The highest BCUT2D eigenvalue weighted by atomic mass is 32.1. The van der Waals surface area contributed by atoms with E-state index in [2.05, 4.69) is 10.2 Å². The first-order chi connectivity index (χ1) is 7.48. The Morgan fingerprint density at radius 1 is 1.25 bits per heavy atom. The molecule has 1 aromatic heterocycles. The highest BCUT2D eigenvalue weighted by Gasteiger charge is 2.34. The molecule has 0 spiro atoms. The molecule has 0 saturated heterocycles. The van der Waals surface area contributed by atoms with Gasteiger partial charge < -0.3 is 0 Å². The minimum Gasteiger partial charge on any atom is -0.255 e. The molecule has 84 valence electrons. The summed E-state index contributed by atoms with van der Waals surface area (Å²) in [6, 6.07) is 5.01. The molecule has 2 aromatic rings. The molecule has 0 aliphatic heterocycles. The van der Waals surface area contributed by atoms with E-state index in [1.807, 2.05) is 0 Å². The van der Waals surface area contributed by atoms with Crippen LogP contribution in [-0.2, 0) is 6.18 Å². The van der Waals surface area contributed by atoms with Crippen molar-refractivity contribution in [2.24, 2.45) is 0 Å². The number of halogens is 3. The van der Waals surface area contributed by atoms with Crippen LogP contribution in [0.1, 0.15) is 5.56 Å². The highest BCUT2D eigenvalue weighted by molar-refractivity contribution is 7.12. The number of aromatic nitrogens is 2. The average Bonchev–Trinajstić information content (AvgIpc) is 2.64. The SMILES string of the molecule is O=c1[nH]nc(-c2ccccc2C(F)(F)F)s1. The third kappa shape index (κ3) is 1.99. The van der Waals surface area contributed by atoms with Gasteiger partial charge in [0.15, 0.2) is 0 Å². The molecule has 16 heavy (non-hydrogen) atoms. The van der Waals surface area contributed by atoms with Gasteiger partial charge in [-0.15, -0.1) is 0 Å². The first kappa shape index (κ1) is 10.9. The van der Waals surface area contributed by atoms with Crippen molar-refractivity contribution in [1.82, 2.24) is 10.2 Å². The smallest absolute Gasteiger partial charge is 0.255 e. The van der Waals surface area contributed by atoms with Crippen molar-refractivity contribution in [1.29, 1.82) is 0 Å². The maximum absolute atomic E-state index is 12.6. The van der Waals surface area contributed by atoms with E-state index in [4.69, 9.17) is 0 Å². The fourth-order valence-electron chi connectivity index (χ4n) is 1.26. The first-order valence-electron chi connectivity index (χ1n) is 4.20. The van der Waals surface area contributed by atoms with Crippen molar-refractivity contribution >= 4 is 11.3 Å². The number of hydrogen-bond acceptors (Lipinski definition) is 3. The third-order valence-corrected chi connectivity index (χ3v) is 2.68. The molecular formula is C9H5F3N2OS. The molecule has 3 nitrogen and oxygen atoms in total. The number of nitrogens with zero attached hydrogens (tertiary/aromatic N) is 1. The van der Waals surface area contributed by atoms with Gasteiger partial charge in [-0.25, -0.2) is 5.10 Å². The van der Waals surface area contributed by atoms with Crippen molar-refractivity contribution < 1.29 is 13.2 Å². The summed E-state index contributed by atoms with van der Waals surface area (Å²) < 4.78 is 37.9. The quantitative estimate of drug-likeness (QED) is 0.840. The molecule has 0 atom stereocenters. The number of H-pyrrole nitrogens is 1. The summed E-state index contributed by atoms with van der Waals surface area (Å²) >= 11 is 0.649. The van der Waals surface area contributed by atoms with Gasteiger partial charge in [-0.1, -0.05) is 29.5 Å². The van der Waals surface area contributed by atoms with Gasteiger partial charge in [0.05, 0.1) is 5.56 Å². The number of nitrogens with one attached hydrogen (secondary N) is 1. The van der Waals surface area contributed by atoms with E-state index in [1.165, 1.54) is 18.2 Å². The van der Waals surface area contributed by atoms with E-state index < -0.39 is 16.6 Å². The maximum atomic E-state index is 12.6. The number of aromatic amines is 1. The zero-order valence-corrected chi connectivity index (χ0v) is 8.52. The van der Waals surface area contributed by atoms with Crippen LogP contribution in [0.4, 0.5) is 13.2 Å². The van der Waals surface area contributed by atoms with E-state index in [9.17, 15) is 18.0 Å². The maximum Gasteiger partial charge on any atom is 0.417 e. The summed E-state index contributed by atoms with van der Waals surface area (Å²) in [6.45, 7) is 0. The second-order valence-corrected chi connectivity index (χ2v) is 3.92. The average molecular weight is 246 g/mol. The minimum absolute atomic E-state index is 0.0397. The molecule has 0 aliphatic rings. The van der Waals surface area contributed by atoms with Crippen LogP contribution in [0.2, 0.25) is 0 Å². The van der Waals surface area contributed by atoms with Crippen molar-refractivity contribution in [3.05, 3.63) is 39.5 Å². The van der Waals surface area contributed by atoms with Crippen molar-refractivity contribution in [3.63, 3.8) is 0 Å². The first-order valence-corrected chi connectivity index (χ1v) is 5.02. The summed E-state index contributed by atoms with van der Waals surface area (Å²) in [5.74, 6) is 0. The number of hydrogen-bond donors (Lipinski definition) is 1. The lowest BCUT2D eigenvalue weighted by Crippen LogP contribution is -2.06. The summed E-state index contributed by atoms with van der Waals surface area (Å²) in [4.78, 5) is 10.4. The van der Waals surface area contributed by atoms with Crippen LogP contribution in [0, 0.1) is 0 Å². The molecule has 2 rings (SSSR count). The lowest BCUT2D eigenvalue weighted by Gasteiger charge is -2.09. The van der Waals surface area contributed by atoms with Crippen LogP contribution >= 0.6 is 11.3 Å². The molecule has 7 heteroatoms. The van der Waals surface area contributed by atoms with Crippen LogP contribution in [0.15, 0.2) is 29.1 Å². The normalized spacial score (nSPS) is 11.7. The predicted molar refractivity (Wildman–Crippen MR) is 53.2 cm³/mol. The summed E-state index contributed by atoms with van der Waals surface area (Å²) in [5, 5.41) is 5.67. The molecule has 1 aromatic carbocycles. The van der Waals surface area contributed by atoms with Crippen LogP contribution in [0.3, 0.4) is 0 Å². The van der Waals surface area contributed by atoms with Crippen molar-refractivity contribution in [2.45, 2.75) is 6.18 Å². The zero-order valence-electron chi connectivity index (χ0n) is 7.71. The molecule has 0 saturated carbocycles.